The first-order valence-corrected chi connectivity index (χ1v) is 5.99. The predicted molar refractivity (Wildman–Crippen MR) is 64.9 cm³/mol. The number of halogens is 4. The largest absolute Gasteiger partial charge is 0.351 e. The number of alkyl halides is 3. The highest BCUT2D eigenvalue weighted by Crippen LogP contribution is 2.32. The van der Waals surface area contributed by atoms with Gasteiger partial charge in [0.15, 0.2) is 5.83 Å². The number of hydrogen-bond acceptors (Lipinski definition) is 2. The van der Waals surface area contributed by atoms with Crippen molar-refractivity contribution in [1.29, 1.82) is 0 Å². The number of imide groups is 1. The Morgan fingerprint density at radius 1 is 1.21 bits per heavy atom. The zero-order chi connectivity index (χ0) is 14.2. The molecule has 1 aliphatic heterocycles. The molecular formula is C12H7BrF3NO2. The van der Waals surface area contributed by atoms with Gasteiger partial charge in [-0.3, -0.25) is 14.5 Å². The van der Waals surface area contributed by atoms with Gasteiger partial charge in [0.05, 0.1) is 17.7 Å². The van der Waals surface area contributed by atoms with Crippen molar-refractivity contribution in [3.63, 3.8) is 0 Å². The van der Waals surface area contributed by atoms with E-state index in [2.05, 4.69) is 0 Å². The first-order chi connectivity index (χ1) is 8.82. The number of benzene rings is 1. The zero-order valence-corrected chi connectivity index (χ0v) is 11.0. The molecule has 0 spiro atoms. The zero-order valence-electron chi connectivity index (χ0n) is 9.37. The van der Waals surface area contributed by atoms with Crippen LogP contribution in [0.1, 0.15) is 20.7 Å². The molecule has 19 heavy (non-hydrogen) atoms. The van der Waals surface area contributed by atoms with Gasteiger partial charge in [0.25, 0.3) is 11.8 Å². The van der Waals surface area contributed by atoms with Crippen LogP contribution in [0.3, 0.4) is 0 Å². The molecule has 3 nitrogen and oxygen atoms in total. The Morgan fingerprint density at radius 3 is 2.11 bits per heavy atom. The molecule has 0 N–H and O–H groups in total. The second kappa shape index (κ2) is 4.80. The van der Waals surface area contributed by atoms with E-state index in [1.165, 1.54) is 12.1 Å². The summed E-state index contributed by atoms with van der Waals surface area (Å²) in [6.07, 6.45) is 0.496. The summed E-state index contributed by atoms with van der Waals surface area (Å²) in [5, 5.41) is 0. The standard InChI is InChI=1S/C12H7BrF3NO2/c13-12(15,16)9(14)5-6-17-10(18)7-3-1-2-4-8(7)11(17)19/h1-5H,6H2. The third kappa shape index (κ3) is 2.56. The SMILES string of the molecule is O=C1c2ccccc2C(=O)N1CC=C(F)C(F)(F)Br. The van der Waals surface area contributed by atoms with Crippen LogP contribution < -0.4 is 0 Å². The van der Waals surface area contributed by atoms with E-state index in [9.17, 15) is 22.8 Å². The van der Waals surface area contributed by atoms with Crippen molar-refractivity contribution in [1.82, 2.24) is 4.90 Å². The van der Waals surface area contributed by atoms with Crippen LogP contribution >= 0.6 is 15.9 Å². The molecule has 2 rings (SSSR count). The second-order valence-corrected chi connectivity index (χ2v) is 4.81. The van der Waals surface area contributed by atoms with E-state index < -0.39 is 29.0 Å². The molecular weight excluding hydrogens is 327 g/mol. The van der Waals surface area contributed by atoms with Crippen molar-refractivity contribution >= 4 is 27.7 Å². The molecule has 0 unspecified atom stereocenters. The van der Waals surface area contributed by atoms with E-state index in [1.807, 2.05) is 15.9 Å². The minimum absolute atomic E-state index is 0.187. The van der Waals surface area contributed by atoms with E-state index in [4.69, 9.17) is 0 Å². The van der Waals surface area contributed by atoms with E-state index in [0.717, 1.165) is 0 Å². The molecule has 0 aromatic heterocycles. The van der Waals surface area contributed by atoms with E-state index in [0.29, 0.717) is 11.0 Å². The average Bonchev–Trinajstić information content (AvgIpc) is 2.59. The van der Waals surface area contributed by atoms with Crippen LogP contribution in [0.25, 0.3) is 0 Å². The van der Waals surface area contributed by atoms with Crippen LogP contribution in [0, 0.1) is 0 Å². The van der Waals surface area contributed by atoms with Crippen LogP contribution in [-0.4, -0.2) is 28.1 Å². The lowest BCUT2D eigenvalue weighted by Crippen LogP contribution is -2.30. The number of fused-ring (bicyclic) bond motifs is 1. The second-order valence-electron chi connectivity index (χ2n) is 3.82. The molecule has 0 atom stereocenters. The first-order valence-electron chi connectivity index (χ1n) is 5.20. The van der Waals surface area contributed by atoms with Gasteiger partial charge in [0.1, 0.15) is 0 Å². The Balaban J connectivity index is 2.22. The average molecular weight is 334 g/mol. The van der Waals surface area contributed by atoms with E-state index in [1.54, 1.807) is 12.1 Å². The van der Waals surface area contributed by atoms with E-state index in [-0.39, 0.29) is 11.1 Å². The number of amides is 2. The van der Waals surface area contributed by atoms with Gasteiger partial charge >= 0.3 is 4.83 Å². The fourth-order valence-electron chi connectivity index (χ4n) is 1.69. The Labute approximate surface area is 114 Å². The fraction of sp³-hybridized carbons (Fsp3) is 0.167. The van der Waals surface area contributed by atoms with Crippen molar-refractivity contribution in [2.24, 2.45) is 0 Å². The highest BCUT2D eigenvalue weighted by atomic mass is 79.9. The molecule has 0 fully saturated rings. The smallest absolute Gasteiger partial charge is 0.270 e. The maximum Gasteiger partial charge on any atom is 0.351 e. The quantitative estimate of drug-likeness (QED) is 0.629. The maximum atomic E-state index is 13.0. The monoisotopic (exact) mass is 333 g/mol. The lowest BCUT2D eigenvalue weighted by atomic mass is 10.1. The Hall–Kier alpha value is -1.63. The molecule has 1 aliphatic rings. The maximum absolute atomic E-state index is 13.0. The highest BCUT2D eigenvalue weighted by molar-refractivity contribution is 9.10. The minimum atomic E-state index is -3.80. The Bertz CT molecular complexity index is 546. The molecule has 1 aromatic rings. The van der Waals surface area contributed by atoms with Crippen LogP contribution in [0.5, 0.6) is 0 Å². The van der Waals surface area contributed by atoms with Crippen molar-refractivity contribution in [2.75, 3.05) is 6.54 Å². The third-order valence-electron chi connectivity index (χ3n) is 2.60. The van der Waals surface area contributed by atoms with Crippen LogP contribution in [0.4, 0.5) is 13.2 Å². The molecule has 0 saturated heterocycles. The van der Waals surface area contributed by atoms with Crippen molar-refractivity contribution < 1.29 is 22.8 Å². The fourth-order valence-corrected chi connectivity index (χ4v) is 1.85. The summed E-state index contributed by atoms with van der Waals surface area (Å²) in [6, 6.07) is 6.07. The molecule has 100 valence electrons. The number of carbonyl (C=O) groups excluding carboxylic acids is 2. The highest BCUT2D eigenvalue weighted by Gasteiger charge is 2.36. The normalized spacial score (nSPS) is 16.0. The summed E-state index contributed by atoms with van der Waals surface area (Å²) < 4.78 is 38.0. The summed E-state index contributed by atoms with van der Waals surface area (Å²) in [6.45, 7) is -0.542. The molecule has 0 bridgehead atoms. The summed E-state index contributed by atoms with van der Waals surface area (Å²) in [5.41, 5.74) is 0.374. The lowest BCUT2D eigenvalue weighted by molar-refractivity contribution is 0.0667. The molecule has 1 aromatic carbocycles. The topological polar surface area (TPSA) is 37.4 Å². The summed E-state index contributed by atoms with van der Waals surface area (Å²) in [7, 11) is 0. The number of nitrogens with zero attached hydrogens (tertiary/aromatic N) is 1. The van der Waals surface area contributed by atoms with Crippen LogP contribution in [0.2, 0.25) is 0 Å². The minimum Gasteiger partial charge on any atom is -0.270 e. The summed E-state index contributed by atoms with van der Waals surface area (Å²) >= 11 is 1.85. The Kier molecular flexibility index (Phi) is 3.49. The Morgan fingerprint density at radius 2 is 1.68 bits per heavy atom. The number of hydrogen-bond donors (Lipinski definition) is 0. The van der Waals surface area contributed by atoms with Crippen LogP contribution in [0.15, 0.2) is 36.2 Å². The summed E-state index contributed by atoms with van der Waals surface area (Å²) in [4.78, 5) is 20.6. The van der Waals surface area contributed by atoms with Crippen molar-refractivity contribution in [3.05, 3.63) is 47.3 Å². The van der Waals surface area contributed by atoms with Crippen LogP contribution in [-0.2, 0) is 0 Å². The third-order valence-corrected chi connectivity index (χ3v) is 2.98. The molecule has 7 heteroatoms. The molecule has 0 radical (unpaired) electrons. The van der Waals surface area contributed by atoms with Gasteiger partial charge in [0.2, 0.25) is 0 Å². The molecule has 0 saturated carbocycles. The molecule has 1 heterocycles. The van der Waals surface area contributed by atoms with Gasteiger partial charge in [-0.05, 0) is 34.1 Å². The van der Waals surface area contributed by atoms with Gasteiger partial charge in [-0.1, -0.05) is 12.1 Å². The first kappa shape index (κ1) is 13.8. The lowest BCUT2D eigenvalue weighted by Gasteiger charge is -2.12. The van der Waals surface area contributed by atoms with Gasteiger partial charge in [-0.25, -0.2) is 4.39 Å². The van der Waals surface area contributed by atoms with E-state index >= 15 is 0 Å². The number of carbonyl (C=O) groups is 2. The van der Waals surface area contributed by atoms with Gasteiger partial charge in [-0.2, -0.15) is 8.78 Å². The predicted octanol–water partition coefficient (Wildman–Crippen LogP) is 3.12. The number of rotatable bonds is 3. The van der Waals surface area contributed by atoms with Gasteiger partial charge < -0.3 is 0 Å². The molecule has 2 amide bonds. The van der Waals surface area contributed by atoms with Gasteiger partial charge in [0, 0.05) is 0 Å². The van der Waals surface area contributed by atoms with Crippen molar-refractivity contribution in [2.45, 2.75) is 4.83 Å². The number of allylic oxidation sites excluding steroid dienone is 1. The molecule has 0 aliphatic carbocycles. The van der Waals surface area contributed by atoms with Crippen molar-refractivity contribution in [3.8, 4) is 0 Å². The summed E-state index contributed by atoms with van der Waals surface area (Å²) in [5.74, 6) is -2.99. The van der Waals surface area contributed by atoms with Gasteiger partial charge in [-0.15, -0.1) is 0 Å².